The molecule has 2 rings (SSSR count). The van der Waals surface area contributed by atoms with Crippen LogP contribution in [0.5, 0.6) is 23.0 Å². The molecule has 1 unspecified atom stereocenters. The number of hydrogen-bond donors (Lipinski definition) is 7. The van der Waals surface area contributed by atoms with Crippen molar-refractivity contribution in [3.63, 3.8) is 0 Å². The molecule has 24 heavy (non-hydrogen) atoms. The first-order chi connectivity index (χ1) is 11.4. The summed E-state index contributed by atoms with van der Waals surface area (Å²) in [4.78, 5) is 0. The lowest BCUT2D eigenvalue weighted by molar-refractivity contribution is 0.177. The van der Waals surface area contributed by atoms with Gasteiger partial charge in [0.1, 0.15) is 0 Å². The molecule has 0 radical (unpaired) electrons. The summed E-state index contributed by atoms with van der Waals surface area (Å²) in [5, 5.41) is 48.4. The molecule has 2 aromatic rings. The maximum Gasteiger partial charge on any atom is 0.157 e. The number of likely N-dealkylation sites (N-methyl/N-ethyl adjacent to an activating group) is 1. The van der Waals surface area contributed by atoms with Crippen molar-refractivity contribution in [2.24, 2.45) is 5.73 Å². The Morgan fingerprint density at radius 2 is 1.50 bits per heavy atom. The third kappa shape index (κ3) is 5.96. The smallest absolute Gasteiger partial charge is 0.157 e. The van der Waals surface area contributed by atoms with E-state index in [0.717, 1.165) is 5.56 Å². The molecule has 132 valence electrons. The van der Waals surface area contributed by atoms with Crippen molar-refractivity contribution in [1.29, 1.82) is 0 Å². The van der Waals surface area contributed by atoms with Crippen LogP contribution in [-0.4, -0.2) is 45.7 Å². The maximum absolute atomic E-state index is 9.48. The van der Waals surface area contributed by atoms with Crippen LogP contribution in [0.4, 0.5) is 0 Å². The molecule has 0 saturated carbocycles. The lowest BCUT2D eigenvalue weighted by atomic mass is 10.1. The van der Waals surface area contributed by atoms with E-state index < -0.39 is 6.10 Å². The van der Waals surface area contributed by atoms with Gasteiger partial charge in [0.2, 0.25) is 0 Å². The summed E-state index contributed by atoms with van der Waals surface area (Å²) in [6.45, 7) is 0.953. The summed E-state index contributed by atoms with van der Waals surface area (Å²) < 4.78 is 0. The molecule has 0 aliphatic carbocycles. The predicted molar refractivity (Wildman–Crippen MR) is 91.2 cm³/mol. The van der Waals surface area contributed by atoms with Crippen LogP contribution in [0, 0.1) is 0 Å². The van der Waals surface area contributed by atoms with Gasteiger partial charge in [0, 0.05) is 6.54 Å². The Hall–Kier alpha value is -2.48. The molecule has 0 bridgehead atoms. The molecule has 0 aromatic heterocycles. The maximum atomic E-state index is 9.48. The number of benzene rings is 2. The van der Waals surface area contributed by atoms with Crippen molar-refractivity contribution < 1.29 is 25.5 Å². The Balaban J connectivity index is 0.000000243. The topological polar surface area (TPSA) is 139 Å². The summed E-state index contributed by atoms with van der Waals surface area (Å²) in [5.41, 5.74) is 6.81. The Kier molecular flexibility index (Phi) is 7.84. The third-order valence-corrected chi connectivity index (χ3v) is 3.25. The lowest BCUT2D eigenvalue weighted by Crippen LogP contribution is -2.16. The van der Waals surface area contributed by atoms with Crippen LogP contribution in [0.3, 0.4) is 0 Å². The van der Waals surface area contributed by atoms with Gasteiger partial charge in [-0.3, -0.25) is 0 Å². The number of nitrogens with one attached hydrogen (secondary N) is 1. The SMILES string of the molecule is CNCC(O)c1ccc(O)c(O)c1.NCCc1ccc(O)c(O)c1. The number of aromatic hydroxyl groups is 4. The summed E-state index contributed by atoms with van der Waals surface area (Å²) in [7, 11) is 1.73. The Morgan fingerprint density at radius 1 is 0.917 bits per heavy atom. The summed E-state index contributed by atoms with van der Waals surface area (Å²) >= 11 is 0. The van der Waals surface area contributed by atoms with Gasteiger partial charge in [-0.15, -0.1) is 0 Å². The van der Waals surface area contributed by atoms with Crippen molar-refractivity contribution in [2.45, 2.75) is 12.5 Å². The quantitative estimate of drug-likeness (QED) is 0.403. The standard InChI is InChI=1S/C9H13NO3.C8H11NO2/c1-10-5-9(13)6-2-3-7(11)8(12)4-6;9-4-3-6-1-2-7(10)8(11)5-6/h2-4,9-13H,5H2,1H3;1-2,5,10-11H,3-4,9H2. The van der Waals surface area contributed by atoms with Crippen LogP contribution < -0.4 is 11.1 Å². The molecule has 8 N–H and O–H groups in total. The van der Waals surface area contributed by atoms with Crippen LogP contribution in [0.25, 0.3) is 0 Å². The second-order valence-electron chi connectivity index (χ2n) is 5.18. The van der Waals surface area contributed by atoms with E-state index in [9.17, 15) is 5.11 Å². The largest absolute Gasteiger partial charge is 0.504 e. The second kappa shape index (κ2) is 9.61. The first-order valence-electron chi connectivity index (χ1n) is 7.44. The summed E-state index contributed by atoms with van der Waals surface area (Å²) in [6.07, 6.45) is 0.0462. The summed E-state index contributed by atoms with van der Waals surface area (Å²) in [6, 6.07) is 8.97. The number of hydrogen-bond acceptors (Lipinski definition) is 7. The third-order valence-electron chi connectivity index (χ3n) is 3.25. The highest BCUT2D eigenvalue weighted by Crippen LogP contribution is 2.27. The van der Waals surface area contributed by atoms with Crippen molar-refractivity contribution in [2.75, 3.05) is 20.1 Å². The van der Waals surface area contributed by atoms with Gasteiger partial charge in [0.25, 0.3) is 0 Å². The van der Waals surface area contributed by atoms with Gasteiger partial charge in [-0.05, 0) is 55.4 Å². The van der Waals surface area contributed by atoms with Crippen LogP contribution in [-0.2, 0) is 6.42 Å². The van der Waals surface area contributed by atoms with E-state index in [1.807, 2.05) is 0 Å². The lowest BCUT2D eigenvalue weighted by Gasteiger charge is -2.10. The molecule has 0 amide bonds. The predicted octanol–water partition coefficient (Wildman–Crippen LogP) is 0.950. The van der Waals surface area contributed by atoms with Crippen LogP contribution in [0.2, 0.25) is 0 Å². The van der Waals surface area contributed by atoms with Gasteiger partial charge in [-0.25, -0.2) is 0 Å². The molecule has 0 spiro atoms. The Labute approximate surface area is 140 Å². The van der Waals surface area contributed by atoms with E-state index >= 15 is 0 Å². The monoisotopic (exact) mass is 336 g/mol. The minimum Gasteiger partial charge on any atom is -0.504 e. The Bertz CT molecular complexity index is 649. The molecule has 0 heterocycles. The highest BCUT2D eigenvalue weighted by atomic mass is 16.3. The van der Waals surface area contributed by atoms with Gasteiger partial charge < -0.3 is 36.6 Å². The van der Waals surface area contributed by atoms with E-state index in [1.165, 1.54) is 24.3 Å². The van der Waals surface area contributed by atoms with E-state index in [1.54, 1.807) is 19.2 Å². The number of nitrogens with two attached hydrogens (primary N) is 1. The van der Waals surface area contributed by atoms with Crippen molar-refractivity contribution in [3.8, 4) is 23.0 Å². The minimum atomic E-state index is -0.670. The van der Waals surface area contributed by atoms with E-state index in [4.69, 9.17) is 26.2 Å². The van der Waals surface area contributed by atoms with Gasteiger partial charge in [-0.1, -0.05) is 12.1 Å². The highest BCUT2D eigenvalue weighted by Gasteiger charge is 2.08. The number of aliphatic hydroxyl groups is 1. The van der Waals surface area contributed by atoms with E-state index in [0.29, 0.717) is 25.1 Å². The van der Waals surface area contributed by atoms with E-state index in [-0.39, 0.29) is 23.0 Å². The van der Waals surface area contributed by atoms with Crippen LogP contribution >= 0.6 is 0 Å². The molecule has 0 fully saturated rings. The van der Waals surface area contributed by atoms with Gasteiger partial charge in [-0.2, -0.15) is 0 Å². The van der Waals surface area contributed by atoms with E-state index in [2.05, 4.69) is 5.32 Å². The molecule has 0 aliphatic rings. The average molecular weight is 336 g/mol. The molecule has 1 atom stereocenters. The zero-order chi connectivity index (χ0) is 18.1. The zero-order valence-corrected chi connectivity index (χ0v) is 13.5. The molecule has 7 nitrogen and oxygen atoms in total. The Morgan fingerprint density at radius 3 is 2.00 bits per heavy atom. The van der Waals surface area contributed by atoms with Crippen LogP contribution in [0.1, 0.15) is 17.2 Å². The van der Waals surface area contributed by atoms with Crippen LogP contribution in [0.15, 0.2) is 36.4 Å². The minimum absolute atomic E-state index is 0.0871. The second-order valence-corrected chi connectivity index (χ2v) is 5.18. The molecular weight excluding hydrogens is 312 g/mol. The van der Waals surface area contributed by atoms with Crippen molar-refractivity contribution in [3.05, 3.63) is 47.5 Å². The zero-order valence-electron chi connectivity index (χ0n) is 13.5. The molecule has 0 saturated heterocycles. The highest BCUT2D eigenvalue weighted by molar-refractivity contribution is 5.41. The fraction of sp³-hybridized carbons (Fsp3) is 0.294. The normalized spacial score (nSPS) is 11.5. The molecule has 0 aliphatic heterocycles. The number of phenolic OH excluding ortho intramolecular Hbond substituents is 4. The molecule has 2 aromatic carbocycles. The number of phenols is 4. The molecular formula is C17H24N2O5. The summed E-state index contributed by atoms with van der Waals surface area (Å²) in [5.74, 6) is -0.574. The van der Waals surface area contributed by atoms with Gasteiger partial charge in [0.15, 0.2) is 23.0 Å². The number of rotatable bonds is 5. The first-order valence-corrected chi connectivity index (χ1v) is 7.44. The fourth-order valence-corrected chi connectivity index (χ4v) is 1.95. The fourth-order valence-electron chi connectivity index (χ4n) is 1.95. The van der Waals surface area contributed by atoms with Crippen molar-refractivity contribution >= 4 is 0 Å². The average Bonchev–Trinajstić information content (AvgIpc) is 2.55. The number of aliphatic hydroxyl groups excluding tert-OH is 1. The van der Waals surface area contributed by atoms with Crippen molar-refractivity contribution in [1.82, 2.24) is 5.32 Å². The van der Waals surface area contributed by atoms with Gasteiger partial charge in [0.05, 0.1) is 6.10 Å². The first kappa shape index (κ1) is 19.6. The molecule has 7 heteroatoms. The van der Waals surface area contributed by atoms with Gasteiger partial charge >= 0.3 is 0 Å².